The number of nitrogens with one attached hydrogen (secondary N) is 1. The Balaban J connectivity index is 2.32. The fourth-order valence-corrected chi connectivity index (χ4v) is 1.54. The number of unbranched alkanes of at least 4 members (excludes halogenated alkanes) is 3. The minimum Gasteiger partial charge on any atom is -0.308 e. The third-order valence-electron chi connectivity index (χ3n) is 2.47. The summed E-state index contributed by atoms with van der Waals surface area (Å²) in [5.74, 6) is 0. The molecule has 1 aromatic rings. The van der Waals surface area contributed by atoms with Gasteiger partial charge in [-0.2, -0.15) is 0 Å². The Labute approximate surface area is 86.7 Å². The van der Waals surface area contributed by atoms with Crippen LogP contribution in [-0.2, 0) is 6.42 Å². The molecule has 1 rings (SSSR count). The molecular formula is C13H19N. The van der Waals surface area contributed by atoms with Gasteiger partial charge in [0.05, 0.1) is 0 Å². The lowest BCUT2D eigenvalue weighted by molar-refractivity contribution is 0.667. The average molecular weight is 189 g/mol. The molecule has 0 aliphatic rings. The van der Waals surface area contributed by atoms with Gasteiger partial charge in [-0.05, 0) is 24.0 Å². The number of rotatable bonds is 6. The minimum atomic E-state index is 0.988. The molecule has 76 valence electrons. The van der Waals surface area contributed by atoms with Gasteiger partial charge in [-0.1, -0.05) is 50.5 Å². The van der Waals surface area contributed by atoms with Crippen molar-refractivity contribution in [2.75, 3.05) is 0 Å². The monoisotopic (exact) mass is 189 g/mol. The maximum atomic E-state index is 7.08. The Morgan fingerprint density at radius 2 is 1.79 bits per heavy atom. The second kappa shape index (κ2) is 6.36. The molecule has 14 heavy (non-hydrogen) atoms. The van der Waals surface area contributed by atoms with Crippen molar-refractivity contribution in [3.05, 3.63) is 35.4 Å². The second-order valence-corrected chi connectivity index (χ2v) is 3.70. The van der Waals surface area contributed by atoms with Crippen molar-refractivity contribution in [2.45, 2.75) is 39.0 Å². The van der Waals surface area contributed by atoms with E-state index in [2.05, 4.69) is 19.1 Å². The number of hydrogen-bond donors (Lipinski definition) is 1. The van der Waals surface area contributed by atoms with Gasteiger partial charge in [0.25, 0.3) is 0 Å². The third kappa shape index (κ3) is 3.73. The second-order valence-electron chi connectivity index (χ2n) is 3.70. The van der Waals surface area contributed by atoms with Crippen molar-refractivity contribution in [3.8, 4) is 0 Å². The fraction of sp³-hybridized carbons (Fsp3) is 0.462. The van der Waals surface area contributed by atoms with Gasteiger partial charge >= 0.3 is 0 Å². The Morgan fingerprint density at radius 1 is 1.07 bits per heavy atom. The Hall–Kier alpha value is -1.11. The predicted octanol–water partition coefficient (Wildman–Crippen LogP) is 3.81. The highest BCUT2D eigenvalue weighted by atomic mass is 14.3. The Morgan fingerprint density at radius 3 is 2.36 bits per heavy atom. The van der Waals surface area contributed by atoms with E-state index in [4.69, 9.17) is 5.41 Å². The zero-order valence-corrected chi connectivity index (χ0v) is 8.92. The van der Waals surface area contributed by atoms with Crippen molar-refractivity contribution in [2.24, 2.45) is 0 Å². The fourth-order valence-electron chi connectivity index (χ4n) is 1.54. The first kappa shape index (κ1) is 11.0. The van der Waals surface area contributed by atoms with Gasteiger partial charge in [0, 0.05) is 6.21 Å². The van der Waals surface area contributed by atoms with Crippen LogP contribution >= 0.6 is 0 Å². The normalized spacial score (nSPS) is 10.1. The van der Waals surface area contributed by atoms with Gasteiger partial charge in [0.1, 0.15) is 0 Å². The SMILES string of the molecule is CCCCCCc1ccc(C=N)cc1. The largest absolute Gasteiger partial charge is 0.308 e. The van der Waals surface area contributed by atoms with Crippen LogP contribution in [0.25, 0.3) is 0 Å². The molecule has 0 aliphatic carbocycles. The predicted molar refractivity (Wildman–Crippen MR) is 62.2 cm³/mol. The highest BCUT2D eigenvalue weighted by Gasteiger charge is 1.93. The number of hydrogen-bond acceptors (Lipinski definition) is 1. The van der Waals surface area contributed by atoms with E-state index in [9.17, 15) is 0 Å². The highest BCUT2D eigenvalue weighted by molar-refractivity contribution is 5.76. The lowest BCUT2D eigenvalue weighted by Gasteiger charge is -2.01. The van der Waals surface area contributed by atoms with Gasteiger partial charge in [-0.25, -0.2) is 0 Å². The van der Waals surface area contributed by atoms with E-state index in [1.165, 1.54) is 43.9 Å². The Bertz CT molecular complexity index is 261. The summed E-state index contributed by atoms with van der Waals surface area (Å²) in [5.41, 5.74) is 2.38. The molecule has 0 fully saturated rings. The van der Waals surface area contributed by atoms with Gasteiger partial charge in [0.2, 0.25) is 0 Å². The van der Waals surface area contributed by atoms with E-state index in [1.807, 2.05) is 12.1 Å². The number of aryl methyl sites for hydroxylation is 1. The van der Waals surface area contributed by atoms with Crippen molar-refractivity contribution in [3.63, 3.8) is 0 Å². The molecule has 1 nitrogen and oxygen atoms in total. The molecule has 1 heteroatoms. The van der Waals surface area contributed by atoms with Crippen LogP contribution in [0.5, 0.6) is 0 Å². The molecule has 0 amide bonds. The van der Waals surface area contributed by atoms with Crippen LogP contribution in [-0.4, -0.2) is 6.21 Å². The van der Waals surface area contributed by atoms with Gasteiger partial charge in [-0.3, -0.25) is 0 Å². The zero-order chi connectivity index (χ0) is 10.2. The molecule has 0 saturated carbocycles. The first-order chi connectivity index (χ1) is 6.86. The molecule has 0 saturated heterocycles. The summed E-state index contributed by atoms with van der Waals surface area (Å²) in [6.07, 6.45) is 7.84. The van der Waals surface area contributed by atoms with Crippen molar-refractivity contribution >= 4 is 6.21 Å². The summed E-state index contributed by atoms with van der Waals surface area (Å²) in [7, 11) is 0. The lowest BCUT2D eigenvalue weighted by Crippen LogP contribution is -1.87. The van der Waals surface area contributed by atoms with Crippen LogP contribution in [0.3, 0.4) is 0 Å². The van der Waals surface area contributed by atoms with Crippen LogP contribution in [0.4, 0.5) is 0 Å². The molecule has 0 unspecified atom stereocenters. The highest BCUT2D eigenvalue weighted by Crippen LogP contribution is 2.08. The van der Waals surface area contributed by atoms with Crippen molar-refractivity contribution in [1.82, 2.24) is 0 Å². The zero-order valence-electron chi connectivity index (χ0n) is 8.92. The van der Waals surface area contributed by atoms with Crippen LogP contribution in [0.15, 0.2) is 24.3 Å². The summed E-state index contributed by atoms with van der Waals surface area (Å²) in [5, 5.41) is 7.08. The molecular weight excluding hydrogens is 170 g/mol. The summed E-state index contributed by atoms with van der Waals surface area (Å²) >= 11 is 0. The van der Waals surface area contributed by atoms with E-state index < -0.39 is 0 Å². The molecule has 0 spiro atoms. The van der Waals surface area contributed by atoms with E-state index in [-0.39, 0.29) is 0 Å². The van der Waals surface area contributed by atoms with Gasteiger partial charge in [0.15, 0.2) is 0 Å². The summed E-state index contributed by atoms with van der Waals surface area (Å²) in [4.78, 5) is 0. The first-order valence-electron chi connectivity index (χ1n) is 5.46. The standard InChI is InChI=1S/C13H19N/c1-2-3-4-5-6-12-7-9-13(11-14)10-8-12/h7-11,14H,2-6H2,1H3. The van der Waals surface area contributed by atoms with Crippen molar-refractivity contribution in [1.29, 1.82) is 5.41 Å². The maximum absolute atomic E-state index is 7.08. The molecule has 0 radical (unpaired) electrons. The van der Waals surface area contributed by atoms with Crippen molar-refractivity contribution < 1.29 is 0 Å². The summed E-state index contributed by atoms with van der Waals surface area (Å²) < 4.78 is 0. The van der Waals surface area contributed by atoms with Crippen LogP contribution < -0.4 is 0 Å². The van der Waals surface area contributed by atoms with Crippen LogP contribution in [0, 0.1) is 5.41 Å². The molecule has 1 aromatic carbocycles. The lowest BCUT2D eigenvalue weighted by atomic mass is 10.1. The molecule has 0 atom stereocenters. The average Bonchev–Trinajstić information content (AvgIpc) is 2.25. The minimum absolute atomic E-state index is 0.988. The van der Waals surface area contributed by atoms with E-state index >= 15 is 0 Å². The smallest absolute Gasteiger partial charge is 0.0250 e. The summed E-state index contributed by atoms with van der Waals surface area (Å²) in [6, 6.07) is 8.29. The third-order valence-corrected chi connectivity index (χ3v) is 2.47. The van der Waals surface area contributed by atoms with E-state index in [0.717, 1.165) is 5.56 Å². The van der Waals surface area contributed by atoms with E-state index in [1.54, 1.807) is 0 Å². The molecule has 0 aromatic heterocycles. The number of benzene rings is 1. The van der Waals surface area contributed by atoms with Crippen LogP contribution in [0.2, 0.25) is 0 Å². The van der Waals surface area contributed by atoms with E-state index in [0.29, 0.717) is 0 Å². The molecule has 1 N–H and O–H groups in total. The Kier molecular flexibility index (Phi) is 4.98. The topological polar surface area (TPSA) is 23.9 Å². The van der Waals surface area contributed by atoms with Crippen LogP contribution in [0.1, 0.15) is 43.7 Å². The maximum Gasteiger partial charge on any atom is 0.0250 e. The summed E-state index contributed by atoms with van der Waals surface area (Å²) in [6.45, 7) is 2.23. The quantitative estimate of drug-likeness (QED) is 0.520. The molecule has 0 heterocycles. The molecule has 0 aliphatic heterocycles. The van der Waals surface area contributed by atoms with Gasteiger partial charge in [-0.15, -0.1) is 0 Å². The molecule has 0 bridgehead atoms. The first-order valence-corrected chi connectivity index (χ1v) is 5.46. The van der Waals surface area contributed by atoms with Gasteiger partial charge < -0.3 is 5.41 Å².